The van der Waals surface area contributed by atoms with E-state index in [0.29, 0.717) is 29.1 Å². The van der Waals surface area contributed by atoms with Crippen molar-refractivity contribution in [2.75, 3.05) is 17.7 Å². The highest BCUT2D eigenvalue weighted by Gasteiger charge is 2.11. The molecule has 0 unspecified atom stereocenters. The smallest absolute Gasteiger partial charge is 0.255 e. The lowest BCUT2D eigenvalue weighted by Gasteiger charge is -2.13. The number of amides is 2. The van der Waals surface area contributed by atoms with Crippen molar-refractivity contribution < 1.29 is 14.3 Å². The maximum Gasteiger partial charge on any atom is 0.255 e. The molecule has 0 aromatic heterocycles. The highest BCUT2D eigenvalue weighted by Crippen LogP contribution is 2.28. The van der Waals surface area contributed by atoms with Gasteiger partial charge in [0, 0.05) is 27.3 Å². The summed E-state index contributed by atoms with van der Waals surface area (Å²) in [6, 6.07) is 12.5. The van der Waals surface area contributed by atoms with Gasteiger partial charge >= 0.3 is 0 Å². The number of hydrogen-bond acceptors (Lipinski definition) is 3. The first-order valence-electron chi connectivity index (χ1n) is 8.08. The largest absolute Gasteiger partial charge is 0.494 e. The Kier molecular flexibility index (Phi) is 7.24. The van der Waals surface area contributed by atoms with Crippen molar-refractivity contribution in [3.8, 4) is 5.75 Å². The zero-order chi connectivity index (χ0) is 18.2. The molecule has 0 saturated heterocycles. The van der Waals surface area contributed by atoms with Crippen molar-refractivity contribution in [1.29, 1.82) is 0 Å². The zero-order valence-electron chi connectivity index (χ0n) is 14.3. The van der Waals surface area contributed by atoms with Crippen LogP contribution in [0.1, 0.15) is 36.5 Å². The Balaban J connectivity index is 2.08. The molecule has 2 N–H and O–H groups in total. The topological polar surface area (TPSA) is 67.4 Å². The SMILES string of the molecule is CCCCC(=O)Nc1ccc(NC(=O)c2ccc(I)cc2)cc1OC. The van der Waals surface area contributed by atoms with E-state index in [9.17, 15) is 9.59 Å². The fourth-order valence-corrected chi connectivity index (χ4v) is 2.59. The summed E-state index contributed by atoms with van der Waals surface area (Å²) in [5.41, 5.74) is 1.78. The third-order valence-corrected chi connectivity index (χ3v) is 4.32. The predicted molar refractivity (Wildman–Crippen MR) is 108 cm³/mol. The molecule has 0 bridgehead atoms. The molecule has 0 spiro atoms. The Morgan fingerprint density at radius 2 is 1.80 bits per heavy atom. The van der Waals surface area contributed by atoms with Gasteiger partial charge in [-0.1, -0.05) is 13.3 Å². The highest BCUT2D eigenvalue weighted by atomic mass is 127. The van der Waals surface area contributed by atoms with Gasteiger partial charge in [0.2, 0.25) is 5.91 Å². The molecule has 0 fully saturated rings. The number of carbonyl (C=O) groups excluding carboxylic acids is 2. The molecule has 2 amide bonds. The maximum atomic E-state index is 12.3. The first-order chi connectivity index (χ1) is 12.0. The molecule has 0 atom stereocenters. The lowest BCUT2D eigenvalue weighted by molar-refractivity contribution is -0.116. The average molecular weight is 452 g/mol. The number of methoxy groups -OCH3 is 1. The Bertz CT molecular complexity index is 745. The minimum absolute atomic E-state index is 0.0455. The van der Waals surface area contributed by atoms with Gasteiger partial charge in [-0.3, -0.25) is 9.59 Å². The van der Waals surface area contributed by atoms with Crippen LogP contribution in [-0.4, -0.2) is 18.9 Å². The molecule has 5 nitrogen and oxygen atoms in total. The summed E-state index contributed by atoms with van der Waals surface area (Å²) in [4.78, 5) is 24.2. The number of carbonyl (C=O) groups is 2. The van der Waals surface area contributed by atoms with Crippen molar-refractivity contribution >= 4 is 45.8 Å². The van der Waals surface area contributed by atoms with Crippen LogP contribution in [0.3, 0.4) is 0 Å². The molecule has 0 heterocycles. The molecule has 2 aromatic rings. The summed E-state index contributed by atoms with van der Waals surface area (Å²) < 4.78 is 6.40. The summed E-state index contributed by atoms with van der Waals surface area (Å²) in [7, 11) is 1.53. The molecular formula is C19H21IN2O3. The van der Waals surface area contributed by atoms with Gasteiger partial charge in [-0.2, -0.15) is 0 Å². The third-order valence-electron chi connectivity index (χ3n) is 3.60. The van der Waals surface area contributed by atoms with E-state index in [-0.39, 0.29) is 11.8 Å². The second-order valence-electron chi connectivity index (χ2n) is 5.53. The highest BCUT2D eigenvalue weighted by molar-refractivity contribution is 14.1. The summed E-state index contributed by atoms with van der Waals surface area (Å²) in [6.07, 6.45) is 2.29. The predicted octanol–water partition coefficient (Wildman–Crippen LogP) is 4.68. The Morgan fingerprint density at radius 3 is 2.44 bits per heavy atom. The van der Waals surface area contributed by atoms with E-state index < -0.39 is 0 Å². The van der Waals surface area contributed by atoms with Crippen LogP contribution in [0.5, 0.6) is 5.75 Å². The van der Waals surface area contributed by atoms with Crippen LogP contribution in [0.2, 0.25) is 0 Å². The second-order valence-corrected chi connectivity index (χ2v) is 6.77. The molecular weight excluding hydrogens is 431 g/mol. The van der Waals surface area contributed by atoms with Crippen molar-refractivity contribution in [2.45, 2.75) is 26.2 Å². The van der Waals surface area contributed by atoms with E-state index in [4.69, 9.17) is 4.74 Å². The van der Waals surface area contributed by atoms with E-state index in [1.165, 1.54) is 7.11 Å². The molecule has 0 aliphatic rings. The van der Waals surface area contributed by atoms with Crippen LogP contribution in [0.4, 0.5) is 11.4 Å². The average Bonchev–Trinajstić information content (AvgIpc) is 2.61. The van der Waals surface area contributed by atoms with Gasteiger partial charge in [-0.25, -0.2) is 0 Å². The van der Waals surface area contributed by atoms with E-state index in [1.807, 2.05) is 19.1 Å². The lowest BCUT2D eigenvalue weighted by Crippen LogP contribution is -2.13. The normalized spacial score (nSPS) is 10.2. The molecule has 132 valence electrons. The standard InChI is InChI=1S/C19H21IN2O3/c1-3-4-5-18(23)22-16-11-10-15(12-17(16)25-2)21-19(24)13-6-8-14(20)9-7-13/h6-12H,3-5H2,1-2H3,(H,21,24)(H,22,23). The van der Waals surface area contributed by atoms with Crippen molar-refractivity contribution in [1.82, 2.24) is 0 Å². The fraction of sp³-hybridized carbons (Fsp3) is 0.263. The van der Waals surface area contributed by atoms with Gasteiger partial charge in [0.1, 0.15) is 5.75 Å². The van der Waals surface area contributed by atoms with E-state index in [2.05, 4.69) is 33.2 Å². The number of ether oxygens (including phenoxy) is 1. The van der Waals surface area contributed by atoms with Crippen LogP contribution in [0.25, 0.3) is 0 Å². The molecule has 0 radical (unpaired) electrons. The summed E-state index contributed by atoms with van der Waals surface area (Å²) in [5, 5.41) is 5.67. The maximum absolute atomic E-state index is 12.3. The minimum atomic E-state index is -0.196. The van der Waals surface area contributed by atoms with Crippen molar-refractivity contribution in [3.05, 3.63) is 51.6 Å². The molecule has 2 aromatic carbocycles. The quantitative estimate of drug-likeness (QED) is 0.600. The summed E-state index contributed by atoms with van der Waals surface area (Å²) in [6.45, 7) is 2.04. The first kappa shape index (κ1) is 19.2. The number of nitrogens with one attached hydrogen (secondary N) is 2. The van der Waals surface area contributed by atoms with Crippen LogP contribution in [0, 0.1) is 3.57 Å². The van der Waals surface area contributed by atoms with Crippen molar-refractivity contribution in [3.63, 3.8) is 0 Å². The summed E-state index contributed by atoms with van der Waals surface area (Å²) in [5.74, 6) is 0.263. The van der Waals surface area contributed by atoms with Gasteiger partial charge in [0.15, 0.2) is 0 Å². The monoisotopic (exact) mass is 452 g/mol. The number of rotatable bonds is 7. The Morgan fingerprint density at radius 1 is 1.08 bits per heavy atom. The van der Waals surface area contributed by atoms with E-state index in [1.54, 1.807) is 30.3 Å². The summed E-state index contributed by atoms with van der Waals surface area (Å²) >= 11 is 2.19. The first-order valence-corrected chi connectivity index (χ1v) is 9.16. The van der Waals surface area contributed by atoms with Crippen LogP contribution >= 0.6 is 22.6 Å². The van der Waals surface area contributed by atoms with Gasteiger partial charge < -0.3 is 15.4 Å². The van der Waals surface area contributed by atoms with Gasteiger partial charge in [0.05, 0.1) is 12.8 Å². The number of hydrogen-bond donors (Lipinski definition) is 2. The number of anilines is 2. The minimum Gasteiger partial charge on any atom is -0.494 e. The lowest BCUT2D eigenvalue weighted by atomic mass is 10.2. The number of halogens is 1. The number of benzene rings is 2. The molecule has 25 heavy (non-hydrogen) atoms. The Labute approximate surface area is 161 Å². The zero-order valence-corrected chi connectivity index (χ0v) is 16.4. The van der Waals surface area contributed by atoms with E-state index >= 15 is 0 Å². The van der Waals surface area contributed by atoms with Gasteiger partial charge in [0.25, 0.3) is 5.91 Å². The number of unbranched alkanes of at least 4 members (excludes halogenated alkanes) is 1. The second kappa shape index (κ2) is 9.41. The Hall–Kier alpha value is -2.09. The molecule has 0 aliphatic carbocycles. The molecule has 0 aliphatic heterocycles. The van der Waals surface area contributed by atoms with Crippen LogP contribution in [0.15, 0.2) is 42.5 Å². The fourth-order valence-electron chi connectivity index (χ4n) is 2.23. The third kappa shape index (κ3) is 5.74. The molecule has 0 saturated carbocycles. The molecule has 6 heteroatoms. The van der Waals surface area contributed by atoms with Gasteiger partial charge in [-0.05, 0) is 65.4 Å². The van der Waals surface area contributed by atoms with Crippen LogP contribution in [-0.2, 0) is 4.79 Å². The van der Waals surface area contributed by atoms with Crippen molar-refractivity contribution in [2.24, 2.45) is 0 Å². The van der Waals surface area contributed by atoms with Gasteiger partial charge in [-0.15, -0.1) is 0 Å². The van der Waals surface area contributed by atoms with E-state index in [0.717, 1.165) is 16.4 Å². The molecule has 2 rings (SSSR count). The van der Waals surface area contributed by atoms with Crippen LogP contribution < -0.4 is 15.4 Å².